The van der Waals surface area contributed by atoms with E-state index >= 15 is 0 Å². The van der Waals surface area contributed by atoms with Gasteiger partial charge in [0.2, 0.25) is 0 Å². The monoisotopic (exact) mass is 442 g/mol. The third-order valence-corrected chi connectivity index (χ3v) is 5.75. The summed E-state index contributed by atoms with van der Waals surface area (Å²) in [6.45, 7) is 1.90. The van der Waals surface area contributed by atoms with Crippen LogP contribution in [0.4, 0.5) is 22.7 Å². The number of rotatable bonds is 9. The minimum Gasteiger partial charge on any atom is -0.385 e. The van der Waals surface area contributed by atoms with Crippen molar-refractivity contribution in [3.63, 3.8) is 0 Å². The zero-order chi connectivity index (χ0) is 23.2. The smallest absolute Gasteiger partial charge is 0.255 e. The lowest BCUT2D eigenvalue weighted by atomic mass is 10.0. The number of ketones is 1. The second-order valence-electron chi connectivity index (χ2n) is 8.54. The fourth-order valence-electron chi connectivity index (χ4n) is 4.05. The van der Waals surface area contributed by atoms with Crippen LogP contribution in [-0.4, -0.2) is 43.8 Å². The van der Waals surface area contributed by atoms with Crippen molar-refractivity contribution < 1.29 is 9.59 Å². The predicted molar refractivity (Wildman–Crippen MR) is 135 cm³/mol. The van der Waals surface area contributed by atoms with Crippen molar-refractivity contribution >= 4 is 34.4 Å². The van der Waals surface area contributed by atoms with E-state index in [4.69, 9.17) is 0 Å². The van der Waals surface area contributed by atoms with Crippen molar-refractivity contribution in [2.24, 2.45) is 0 Å². The van der Waals surface area contributed by atoms with Gasteiger partial charge in [0, 0.05) is 41.2 Å². The van der Waals surface area contributed by atoms with Crippen molar-refractivity contribution in [3.8, 4) is 0 Å². The highest BCUT2D eigenvalue weighted by molar-refractivity contribution is 6.12. The summed E-state index contributed by atoms with van der Waals surface area (Å²) in [5.74, 6) is -0.158. The van der Waals surface area contributed by atoms with Crippen LogP contribution in [-0.2, 0) is 6.42 Å². The first kappa shape index (κ1) is 22.6. The molecule has 1 amide bonds. The molecule has 0 heterocycles. The van der Waals surface area contributed by atoms with Gasteiger partial charge in [-0.3, -0.25) is 9.59 Å². The molecule has 6 nitrogen and oxygen atoms in total. The van der Waals surface area contributed by atoms with E-state index in [1.807, 2.05) is 54.6 Å². The number of carbonyl (C=O) groups is 2. The molecule has 0 saturated carbocycles. The summed E-state index contributed by atoms with van der Waals surface area (Å²) in [5, 5.41) is 9.72. The van der Waals surface area contributed by atoms with Crippen LogP contribution in [0.15, 0.2) is 66.7 Å². The van der Waals surface area contributed by atoms with Crippen molar-refractivity contribution in [2.75, 3.05) is 43.1 Å². The summed E-state index contributed by atoms with van der Waals surface area (Å²) in [7, 11) is 4.12. The lowest BCUT2D eigenvalue weighted by Crippen LogP contribution is -2.16. The second-order valence-corrected chi connectivity index (χ2v) is 8.54. The predicted octanol–water partition coefficient (Wildman–Crippen LogP) is 5.18. The van der Waals surface area contributed by atoms with E-state index in [0.717, 1.165) is 42.1 Å². The molecule has 0 unspecified atom stereocenters. The highest BCUT2D eigenvalue weighted by atomic mass is 16.1. The molecule has 0 saturated heterocycles. The number of anilines is 4. The van der Waals surface area contributed by atoms with Gasteiger partial charge in [-0.25, -0.2) is 0 Å². The molecule has 1 aliphatic rings. The first-order valence-corrected chi connectivity index (χ1v) is 11.3. The van der Waals surface area contributed by atoms with Gasteiger partial charge < -0.3 is 20.9 Å². The molecule has 0 atom stereocenters. The molecule has 3 aromatic carbocycles. The molecule has 170 valence electrons. The highest BCUT2D eigenvalue weighted by Crippen LogP contribution is 2.36. The van der Waals surface area contributed by atoms with Crippen molar-refractivity contribution in [1.29, 1.82) is 0 Å². The van der Waals surface area contributed by atoms with Crippen LogP contribution in [0.3, 0.4) is 0 Å². The third-order valence-electron chi connectivity index (χ3n) is 5.75. The molecular formula is C27H30N4O2. The Kier molecular flexibility index (Phi) is 7.05. The maximum Gasteiger partial charge on any atom is 0.255 e. The number of nitrogens with one attached hydrogen (secondary N) is 3. The SMILES string of the molecule is CN(C)CCCNc1ccc(C(=O)Nc2ccc(Nc3ccccc3)c3c2C(=O)CC3)cc1. The standard InChI is InChI=1S/C27H30N4O2/c1-31(2)18-6-17-28-20-11-9-19(10-12-20)27(33)30-24-15-14-23(22-13-16-25(32)26(22)24)29-21-7-4-3-5-8-21/h3-5,7-12,14-15,28-29H,6,13,16-18H2,1-2H3,(H,30,33). The molecule has 0 aromatic heterocycles. The molecule has 0 fully saturated rings. The van der Waals surface area contributed by atoms with Gasteiger partial charge in [0.05, 0.1) is 5.69 Å². The van der Waals surface area contributed by atoms with Gasteiger partial charge >= 0.3 is 0 Å². The Hall–Kier alpha value is -3.64. The van der Waals surface area contributed by atoms with E-state index in [1.54, 1.807) is 12.1 Å². The quantitative estimate of drug-likeness (QED) is 0.399. The van der Waals surface area contributed by atoms with E-state index in [-0.39, 0.29) is 11.7 Å². The molecule has 4 rings (SSSR count). The number of carbonyl (C=O) groups excluding carboxylic acids is 2. The number of hydrogen-bond donors (Lipinski definition) is 3. The maximum absolute atomic E-state index is 12.9. The minimum absolute atomic E-state index is 0.0642. The van der Waals surface area contributed by atoms with E-state index in [9.17, 15) is 9.59 Å². The van der Waals surface area contributed by atoms with Crippen LogP contribution in [0.2, 0.25) is 0 Å². The molecule has 0 spiro atoms. The molecule has 6 heteroatoms. The summed E-state index contributed by atoms with van der Waals surface area (Å²) in [6.07, 6.45) is 2.17. The topological polar surface area (TPSA) is 73.5 Å². The fourth-order valence-corrected chi connectivity index (χ4v) is 4.05. The van der Waals surface area contributed by atoms with Crippen LogP contribution in [0.1, 0.15) is 39.1 Å². The van der Waals surface area contributed by atoms with Gasteiger partial charge in [-0.15, -0.1) is 0 Å². The number of hydrogen-bond acceptors (Lipinski definition) is 5. The van der Waals surface area contributed by atoms with Crippen molar-refractivity contribution in [3.05, 3.63) is 83.4 Å². The molecule has 0 bridgehead atoms. The summed E-state index contributed by atoms with van der Waals surface area (Å²) in [4.78, 5) is 27.7. The molecular weight excluding hydrogens is 412 g/mol. The van der Waals surface area contributed by atoms with E-state index < -0.39 is 0 Å². The largest absolute Gasteiger partial charge is 0.385 e. The first-order valence-electron chi connectivity index (χ1n) is 11.3. The summed E-state index contributed by atoms with van der Waals surface area (Å²) in [6, 6.07) is 21.0. The number of nitrogens with zero attached hydrogens (tertiary/aromatic N) is 1. The van der Waals surface area contributed by atoms with E-state index in [0.29, 0.717) is 29.7 Å². The fraction of sp³-hybridized carbons (Fsp3) is 0.259. The first-order chi connectivity index (χ1) is 16.0. The molecule has 0 aliphatic heterocycles. The van der Waals surface area contributed by atoms with Gasteiger partial charge in [0.1, 0.15) is 0 Å². The lowest BCUT2D eigenvalue weighted by Gasteiger charge is -2.15. The van der Waals surface area contributed by atoms with Crippen LogP contribution >= 0.6 is 0 Å². The average molecular weight is 443 g/mol. The third kappa shape index (κ3) is 5.59. The Balaban J connectivity index is 1.45. The molecule has 33 heavy (non-hydrogen) atoms. The summed E-state index contributed by atoms with van der Waals surface area (Å²) in [5.41, 5.74) is 5.55. The van der Waals surface area contributed by atoms with Gasteiger partial charge in [-0.1, -0.05) is 18.2 Å². The molecule has 3 aromatic rings. The average Bonchev–Trinajstić information content (AvgIpc) is 3.21. The maximum atomic E-state index is 12.9. The Labute approximate surface area is 195 Å². The Morgan fingerprint density at radius 1 is 0.879 bits per heavy atom. The summed E-state index contributed by atoms with van der Waals surface area (Å²) >= 11 is 0. The van der Waals surface area contributed by atoms with Gasteiger partial charge in [-0.05, 0) is 87.6 Å². The number of amides is 1. The number of Topliss-reactive ketones (excluding diaryl/α,β-unsaturated/α-hetero) is 1. The van der Waals surface area contributed by atoms with Crippen LogP contribution in [0.5, 0.6) is 0 Å². The molecule has 0 radical (unpaired) electrons. The zero-order valence-corrected chi connectivity index (χ0v) is 19.2. The van der Waals surface area contributed by atoms with Crippen molar-refractivity contribution in [2.45, 2.75) is 19.3 Å². The van der Waals surface area contributed by atoms with E-state index in [1.165, 1.54) is 0 Å². The highest BCUT2D eigenvalue weighted by Gasteiger charge is 2.26. The van der Waals surface area contributed by atoms with Crippen LogP contribution in [0.25, 0.3) is 0 Å². The van der Waals surface area contributed by atoms with Crippen LogP contribution < -0.4 is 16.0 Å². The van der Waals surface area contributed by atoms with Crippen molar-refractivity contribution in [1.82, 2.24) is 4.90 Å². The Bertz CT molecular complexity index is 1120. The van der Waals surface area contributed by atoms with Gasteiger partial charge in [-0.2, -0.15) is 0 Å². The minimum atomic E-state index is -0.222. The second kappa shape index (κ2) is 10.3. The lowest BCUT2D eigenvalue weighted by molar-refractivity contribution is 0.0995. The molecule has 3 N–H and O–H groups in total. The van der Waals surface area contributed by atoms with Crippen LogP contribution in [0, 0.1) is 0 Å². The summed E-state index contributed by atoms with van der Waals surface area (Å²) < 4.78 is 0. The molecule has 1 aliphatic carbocycles. The Morgan fingerprint density at radius 3 is 2.33 bits per heavy atom. The number of benzene rings is 3. The van der Waals surface area contributed by atoms with Gasteiger partial charge in [0.25, 0.3) is 5.91 Å². The van der Waals surface area contributed by atoms with E-state index in [2.05, 4.69) is 34.9 Å². The normalized spacial score (nSPS) is 12.5. The van der Waals surface area contributed by atoms with Gasteiger partial charge in [0.15, 0.2) is 5.78 Å². The zero-order valence-electron chi connectivity index (χ0n) is 19.2. The number of para-hydroxylation sites is 1. The number of fused-ring (bicyclic) bond motifs is 1. The Morgan fingerprint density at radius 2 is 1.61 bits per heavy atom.